The minimum Gasteiger partial charge on any atom is -0.484 e. The molecule has 0 spiro atoms. The summed E-state index contributed by atoms with van der Waals surface area (Å²) >= 11 is 0. The van der Waals surface area contributed by atoms with E-state index in [1.807, 2.05) is 0 Å². The lowest BCUT2D eigenvalue weighted by Crippen LogP contribution is -2.45. The minimum absolute atomic E-state index is 0.225. The molecule has 0 aromatic heterocycles. The van der Waals surface area contributed by atoms with Crippen molar-refractivity contribution in [3.8, 4) is 5.75 Å². The van der Waals surface area contributed by atoms with E-state index in [1.54, 1.807) is 0 Å². The van der Waals surface area contributed by atoms with Gasteiger partial charge in [0.15, 0.2) is 0 Å². The first-order valence-electron chi connectivity index (χ1n) is 16.6. The molecule has 1 atom stereocenters. The van der Waals surface area contributed by atoms with E-state index in [0.29, 0.717) is 0 Å². The van der Waals surface area contributed by atoms with Gasteiger partial charge in [0, 0.05) is 16.7 Å². The lowest BCUT2D eigenvalue weighted by molar-refractivity contribution is -0.0761. The number of rotatable bonds is 11. The molecule has 0 amide bonds. The van der Waals surface area contributed by atoms with Crippen molar-refractivity contribution >= 4 is 17.2 Å². The zero-order chi connectivity index (χ0) is 37.6. The van der Waals surface area contributed by atoms with Crippen LogP contribution in [0.25, 0.3) is 0 Å². The zero-order valence-corrected chi connectivity index (χ0v) is 33.6. The highest BCUT2D eigenvalue weighted by Gasteiger charge is 2.46. The maximum absolute atomic E-state index is 10.9. The van der Waals surface area contributed by atoms with Gasteiger partial charge in [-0.15, -0.1) is 0 Å². The molecule has 2 aromatic rings. The summed E-state index contributed by atoms with van der Waals surface area (Å²) in [5, 5.41) is 32.7. The van der Waals surface area contributed by atoms with Crippen LogP contribution in [0.1, 0.15) is 142 Å². The number of benzene rings is 2. The van der Waals surface area contributed by atoms with E-state index in [-0.39, 0.29) is 21.7 Å². The number of hydrogen-bond acceptors (Lipinski definition) is 9. The quantitative estimate of drug-likeness (QED) is 0.117. The van der Waals surface area contributed by atoms with Gasteiger partial charge >= 0.3 is 17.2 Å². The third kappa shape index (κ3) is 11.7. The molecule has 0 aliphatic carbocycles. The Hall–Kier alpha value is -1.22. The minimum atomic E-state index is -2.61. The van der Waals surface area contributed by atoms with Crippen molar-refractivity contribution in [1.82, 2.24) is 0 Å². The summed E-state index contributed by atoms with van der Waals surface area (Å²) in [5.41, 5.74) is 5.60. The van der Waals surface area contributed by atoms with E-state index in [4.69, 9.17) is 24.3 Å². The smallest absolute Gasteiger partial charge is 0.334 e. The van der Waals surface area contributed by atoms with Crippen LogP contribution in [0, 0.1) is 5.41 Å². The van der Waals surface area contributed by atoms with E-state index in [9.17, 15) is 15.3 Å². The first-order chi connectivity index (χ1) is 21.7. The highest BCUT2D eigenvalue weighted by Crippen LogP contribution is 2.50. The average molecular weight is 715 g/mol. The van der Waals surface area contributed by atoms with Crippen LogP contribution in [-0.4, -0.2) is 54.7 Å². The van der Waals surface area contributed by atoms with Crippen LogP contribution in [0.4, 0.5) is 0 Å². The van der Waals surface area contributed by atoms with Crippen molar-refractivity contribution < 1.29 is 43.9 Å². The Morgan fingerprint density at radius 1 is 0.542 bits per heavy atom. The van der Waals surface area contributed by atoms with Crippen LogP contribution in [0.15, 0.2) is 24.3 Å². The van der Waals surface area contributed by atoms with Crippen LogP contribution in [0.3, 0.4) is 0 Å². The Kier molecular flexibility index (Phi) is 16.2. The molecule has 0 aliphatic rings. The van der Waals surface area contributed by atoms with Gasteiger partial charge in [-0.25, -0.2) is 4.31 Å². The van der Waals surface area contributed by atoms with E-state index in [2.05, 4.69) is 126 Å². The van der Waals surface area contributed by atoms with Crippen LogP contribution in [0.5, 0.6) is 5.75 Å². The summed E-state index contributed by atoms with van der Waals surface area (Å²) in [6.07, 6.45) is 1.00. The Balaban J connectivity index is 0.00000148. The van der Waals surface area contributed by atoms with Gasteiger partial charge in [0.05, 0.1) is 25.2 Å². The molecule has 0 aliphatic heterocycles. The third-order valence-corrected chi connectivity index (χ3v) is 9.75. The molecule has 7 N–H and O–H groups in total. The van der Waals surface area contributed by atoms with Gasteiger partial charge in [-0.1, -0.05) is 121 Å². The SMILES string of the molecule is CCc1cc(C(C)(C)C)c(OC(c2c(C(C)(C)C)cc(CC)cc2C(C)(C)C)C(CO)(CO)CO)c(C(C)(C)C)c1.OP(O)OP(O)O. The molecule has 0 saturated carbocycles. The number of aryl methyl sites for hydroxylation is 2. The topological polar surface area (TPSA) is 160 Å². The standard InChI is InChI=1S/C37H60O4.H4O5P2/c1-15-24-17-26(33(3,4)5)30(27(18-24)34(6,7)8)32(37(21-38,22-39)23-40)41-31-28(35(9,10)11)19-25(16-2)20-29(31)36(12,13)14;1-6(2)5-7(3)4/h17-20,32,38-40H,15-16,21-23H2,1-14H3;1-4H. The molecule has 0 radical (unpaired) electrons. The fraction of sp³-hybridized carbons (Fsp3) is 0.676. The van der Waals surface area contributed by atoms with E-state index < -0.39 is 48.5 Å². The van der Waals surface area contributed by atoms with Crippen molar-refractivity contribution in [2.24, 2.45) is 5.41 Å². The Morgan fingerprint density at radius 3 is 1.04 bits per heavy atom. The Morgan fingerprint density at radius 2 is 0.833 bits per heavy atom. The molecular weight excluding hydrogens is 650 g/mol. The van der Waals surface area contributed by atoms with Crippen molar-refractivity contribution in [2.75, 3.05) is 19.8 Å². The predicted octanol–water partition coefficient (Wildman–Crippen LogP) is 7.51. The van der Waals surface area contributed by atoms with Gasteiger partial charge in [-0.2, -0.15) is 0 Å². The largest absolute Gasteiger partial charge is 0.484 e. The predicted molar refractivity (Wildman–Crippen MR) is 197 cm³/mol. The summed E-state index contributed by atoms with van der Waals surface area (Å²) in [4.78, 5) is 31.3. The first kappa shape index (κ1) is 44.8. The fourth-order valence-electron chi connectivity index (χ4n) is 5.65. The second kappa shape index (κ2) is 17.3. The lowest BCUT2D eigenvalue weighted by Gasteiger charge is -2.43. The summed E-state index contributed by atoms with van der Waals surface area (Å²) < 4.78 is 10.9. The molecule has 0 fully saturated rings. The highest BCUT2D eigenvalue weighted by molar-refractivity contribution is 7.53. The van der Waals surface area contributed by atoms with Crippen LogP contribution < -0.4 is 4.74 Å². The van der Waals surface area contributed by atoms with Crippen LogP contribution in [-0.2, 0) is 38.8 Å². The molecule has 2 aromatic carbocycles. The van der Waals surface area contributed by atoms with Crippen molar-refractivity contribution in [3.63, 3.8) is 0 Å². The van der Waals surface area contributed by atoms with E-state index >= 15 is 0 Å². The Labute approximate surface area is 292 Å². The van der Waals surface area contributed by atoms with Crippen LogP contribution in [0.2, 0.25) is 0 Å². The molecule has 48 heavy (non-hydrogen) atoms. The van der Waals surface area contributed by atoms with Crippen LogP contribution >= 0.6 is 17.2 Å². The summed E-state index contributed by atoms with van der Waals surface area (Å²) in [6, 6.07) is 9.01. The second-order valence-corrected chi connectivity index (χ2v) is 18.4. The number of ether oxygens (including phenoxy) is 1. The molecule has 11 heteroatoms. The van der Waals surface area contributed by atoms with E-state index in [0.717, 1.165) is 46.4 Å². The third-order valence-electron chi connectivity index (χ3n) is 8.58. The molecular formula is C37H64O9P2. The van der Waals surface area contributed by atoms with Crippen molar-refractivity contribution in [1.29, 1.82) is 0 Å². The average Bonchev–Trinajstić information content (AvgIpc) is 2.94. The molecule has 0 bridgehead atoms. The maximum Gasteiger partial charge on any atom is 0.334 e. The normalized spacial score (nSPS) is 13.9. The molecule has 2 rings (SSSR count). The molecule has 1 unspecified atom stereocenters. The summed E-state index contributed by atoms with van der Waals surface area (Å²) in [7, 11) is -5.22. The van der Waals surface area contributed by atoms with Gasteiger partial charge in [-0.05, 0) is 56.8 Å². The number of hydrogen-bond donors (Lipinski definition) is 7. The van der Waals surface area contributed by atoms with Gasteiger partial charge in [-0.3, -0.25) is 0 Å². The second-order valence-electron chi connectivity index (χ2n) is 16.8. The summed E-state index contributed by atoms with van der Waals surface area (Å²) in [5.74, 6) is 0.784. The fourth-order valence-corrected chi connectivity index (χ4v) is 6.17. The molecule has 9 nitrogen and oxygen atoms in total. The maximum atomic E-state index is 10.9. The summed E-state index contributed by atoms with van der Waals surface area (Å²) in [6.45, 7) is 29.5. The van der Waals surface area contributed by atoms with Gasteiger partial charge in [0.1, 0.15) is 11.9 Å². The van der Waals surface area contributed by atoms with Crippen molar-refractivity contribution in [2.45, 2.75) is 138 Å². The number of aliphatic hydroxyl groups excluding tert-OH is 3. The monoisotopic (exact) mass is 714 g/mol. The molecule has 276 valence electrons. The lowest BCUT2D eigenvalue weighted by atomic mass is 9.68. The van der Waals surface area contributed by atoms with Gasteiger partial charge in [0.2, 0.25) is 0 Å². The first-order valence-corrected chi connectivity index (χ1v) is 19.0. The zero-order valence-electron chi connectivity index (χ0n) is 31.8. The highest BCUT2D eigenvalue weighted by atomic mass is 31.2. The molecule has 0 heterocycles. The van der Waals surface area contributed by atoms with Gasteiger partial charge in [0.25, 0.3) is 0 Å². The van der Waals surface area contributed by atoms with E-state index in [1.165, 1.54) is 11.1 Å². The van der Waals surface area contributed by atoms with Gasteiger partial charge < -0.3 is 39.6 Å². The Bertz CT molecular complexity index is 1230. The molecule has 0 saturated heterocycles. The van der Waals surface area contributed by atoms with Crippen molar-refractivity contribution in [3.05, 3.63) is 63.2 Å². The number of aliphatic hydroxyl groups is 3.